The Kier molecular flexibility index (Phi) is 7.18. The maximum Gasteiger partial charge on any atom is 0.136 e. The van der Waals surface area contributed by atoms with E-state index in [0.717, 1.165) is 61.3 Å². The van der Waals surface area contributed by atoms with Crippen molar-refractivity contribution in [3.8, 4) is 33.4 Å². The predicted octanol–water partition coefficient (Wildman–Crippen LogP) is 14.4. The topological polar surface area (TPSA) is 16.4 Å². The zero-order valence-electron chi connectivity index (χ0n) is 28.4. The fraction of sp³-hybridized carbons (Fsp3) is 0. The molecule has 0 aliphatic heterocycles. The van der Waals surface area contributed by atoms with E-state index in [-0.39, 0.29) is 0 Å². The molecule has 0 aliphatic rings. The predicted molar refractivity (Wildman–Crippen MR) is 220 cm³/mol. The molecule has 0 fully saturated rings. The Morgan fingerprint density at radius 1 is 0.308 bits per heavy atom. The first kappa shape index (κ1) is 30.0. The third kappa shape index (κ3) is 5.04. The van der Waals surface area contributed by atoms with Crippen molar-refractivity contribution in [2.75, 3.05) is 4.90 Å². The van der Waals surface area contributed by atoms with Crippen LogP contribution in [-0.2, 0) is 0 Å². The summed E-state index contributed by atoms with van der Waals surface area (Å²) in [6, 6.07) is 71.7. The van der Waals surface area contributed by atoms with Crippen LogP contribution in [-0.4, -0.2) is 0 Å². The van der Waals surface area contributed by atoms with Crippen molar-refractivity contribution < 1.29 is 4.42 Å². The zero-order chi connectivity index (χ0) is 34.4. The molecule has 0 aliphatic carbocycles. The van der Waals surface area contributed by atoms with Crippen molar-refractivity contribution in [1.29, 1.82) is 0 Å². The molecule has 2 nitrogen and oxygen atoms in total. The van der Waals surface area contributed by atoms with Gasteiger partial charge in [0.15, 0.2) is 0 Å². The molecule has 0 spiro atoms. The standard InChI is InChI=1S/C50H33NO/c1-2-14-34(15-3-1)35-28-30-37(31-29-35)41-21-8-10-24-45(41)51(46-26-12-19-36-16-6-7-20-40(36)46)47-25-11-9-22-42(47)43-23-13-27-48-50(43)44-32-38-17-4-5-18-39(38)33-49(44)52-48/h1-33H. The first-order chi connectivity index (χ1) is 25.8. The fourth-order valence-electron chi connectivity index (χ4n) is 7.81. The van der Waals surface area contributed by atoms with Crippen LogP contribution in [0.25, 0.3) is 76.9 Å². The molecule has 10 aromatic rings. The third-order valence-electron chi connectivity index (χ3n) is 10.3. The van der Waals surface area contributed by atoms with Gasteiger partial charge in [-0.1, -0.05) is 164 Å². The lowest BCUT2D eigenvalue weighted by Gasteiger charge is -2.31. The van der Waals surface area contributed by atoms with Crippen molar-refractivity contribution >= 4 is 60.5 Å². The van der Waals surface area contributed by atoms with E-state index in [4.69, 9.17) is 4.42 Å². The van der Waals surface area contributed by atoms with Gasteiger partial charge < -0.3 is 9.32 Å². The van der Waals surface area contributed by atoms with E-state index in [1.807, 2.05) is 0 Å². The van der Waals surface area contributed by atoms with Gasteiger partial charge in [0.1, 0.15) is 11.2 Å². The van der Waals surface area contributed by atoms with E-state index >= 15 is 0 Å². The van der Waals surface area contributed by atoms with Crippen molar-refractivity contribution in [2.24, 2.45) is 0 Å². The molecule has 0 saturated carbocycles. The van der Waals surface area contributed by atoms with Crippen LogP contribution >= 0.6 is 0 Å². The second-order valence-electron chi connectivity index (χ2n) is 13.3. The summed E-state index contributed by atoms with van der Waals surface area (Å²) in [6.45, 7) is 0. The normalized spacial score (nSPS) is 11.5. The largest absolute Gasteiger partial charge is 0.456 e. The van der Waals surface area contributed by atoms with Gasteiger partial charge in [-0.05, 0) is 74.8 Å². The number of hydrogen-bond acceptors (Lipinski definition) is 2. The van der Waals surface area contributed by atoms with Gasteiger partial charge in [-0.3, -0.25) is 0 Å². The number of nitrogens with zero attached hydrogens (tertiary/aromatic N) is 1. The Morgan fingerprint density at radius 3 is 1.65 bits per heavy atom. The van der Waals surface area contributed by atoms with Crippen molar-refractivity contribution in [2.45, 2.75) is 0 Å². The van der Waals surface area contributed by atoms with Crippen LogP contribution in [0, 0.1) is 0 Å². The lowest BCUT2D eigenvalue weighted by Crippen LogP contribution is -2.13. The van der Waals surface area contributed by atoms with Crippen LogP contribution in [0.2, 0.25) is 0 Å². The first-order valence-electron chi connectivity index (χ1n) is 17.8. The van der Waals surface area contributed by atoms with E-state index < -0.39 is 0 Å². The molecule has 52 heavy (non-hydrogen) atoms. The Morgan fingerprint density at radius 2 is 0.846 bits per heavy atom. The van der Waals surface area contributed by atoms with Gasteiger partial charge in [-0.2, -0.15) is 0 Å². The molecule has 0 N–H and O–H groups in total. The minimum atomic E-state index is 0.883. The lowest BCUT2D eigenvalue weighted by molar-refractivity contribution is 0.669. The van der Waals surface area contributed by atoms with Crippen molar-refractivity contribution in [1.82, 2.24) is 0 Å². The molecular formula is C50H33NO. The third-order valence-corrected chi connectivity index (χ3v) is 10.3. The average molecular weight is 664 g/mol. The summed E-state index contributed by atoms with van der Waals surface area (Å²) in [7, 11) is 0. The SMILES string of the molecule is c1ccc(-c2ccc(-c3ccccc3N(c3ccccc3-c3cccc4oc5cc6ccccc6cc5c34)c3cccc4ccccc34)cc2)cc1. The highest BCUT2D eigenvalue weighted by atomic mass is 16.3. The minimum Gasteiger partial charge on any atom is -0.456 e. The smallest absolute Gasteiger partial charge is 0.136 e. The molecule has 0 unspecified atom stereocenters. The number of fused-ring (bicyclic) bond motifs is 5. The van der Waals surface area contributed by atoms with Gasteiger partial charge in [0.05, 0.1) is 17.1 Å². The average Bonchev–Trinajstić information content (AvgIpc) is 3.58. The summed E-state index contributed by atoms with van der Waals surface area (Å²) >= 11 is 0. The van der Waals surface area contributed by atoms with E-state index in [0.29, 0.717) is 0 Å². The van der Waals surface area contributed by atoms with Gasteiger partial charge in [-0.15, -0.1) is 0 Å². The molecule has 244 valence electrons. The number of rotatable bonds is 6. The second kappa shape index (κ2) is 12.5. The molecule has 2 heteroatoms. The highest BCUT2D eigenvalue weighted by Gasteiger charge is 2.23. The fourth-order valence-corrected chi connectivity index (χ4v) is 7.81. The van der Waals surface area contributed by atoms with Crippen molar-refractivity contribution in [3.63, 3.8) is 0 Å². The van der Waals surface area contributed by atoms with Gasteiger partial charge in [-0.25, -0.2) is 0 Å². The summed E-state index contributed by atoms with van der Waals surface area (Å²) < 4.78 is 6.55. The second-order valence-corrected chi connectivity index (χ2v) is 13.3. The Balaban J connectivity index is 1.22. The summed E-state index contributed by atoms with van der Waals surface area (Å²) in [4.78, 5) is 2.45. The van der Waals surface area contributed by atoms with E-state index in [1.165, 1.54) is 32.7 Å². The van der Waals surface area contributed by atoms with Crippen LogP contribution in [0.4, 0.5) is 17.1 Å². The minimum absolute atomic E-state index is 0.883. The number of furan rings is 1. The van der Waals surface area contributed by atoms with Crippen molar-refractivity contribution in [3.05, 3.63) is 200 Å². The molecule has 0 bridgehead atoms. The van der Waals surface area contributed by atoms with Crippen LogP contribution in [0.3, 0.4) is 0 Å². The first-order valence-corrected chi connectivity index (χ1v) is 17.8. The Hall–Kier alpha value is -6.90. The van der Waals surface area contributed by atoms with E-state index in [9.17, 15) is 0 Å². The molecule has 0 amide bonds. The molecule has 0 saturated heterocycles. The molecule has 10 rings (SSSR count). The maximum absolute atomic E-state index is 6.55. The maximum atomic E-state index is 6.55. The number of para-hydroxylation sites is 2. The van der Waals surface area contributed by atoms with E-state index in [2.05, 4.69) is 205 Å². The lowest BCUT2D eigenvalue weighted by atomic mass is 9.94. The van der Waals surface area contributed by atoms with E-state index in [1.54, 1.807) is 0 Å². The number of benzene rings is 9. The van der Waals surface area contributed by atoms with Crippen LogP contribution in [0.5, 0.6) is 0 Å². The summed E-state index contributed by atoms with van der Waals surface area (Å²) in [5.74, 6) is 0. The zero-order valence-corrected chi connectivity index (χ0v) is 28.4. The molecule has 1 aromatic heterocycles. The van der Waals surface area contributed by atoms with Gasteiger partial charge in [0.25, 0.3) is 0 Å². The number of anilines is 3. The van der Waals surface area contributed by atoms with Gasteiger partial charge in [0.2, 0.25) is 0 Å². The molecular weight excluding hydrogens is 631 g/mol. The highest BCUT2D eigenvalue weighted by molar-refractivity contribution is 6.17. The quantitative estimate of drug-likeness (QED) is 0.176. The summed E-state index contributed by atoms with van der Waals surface area (Å²) in [5.41, 5.74) is 12.1. The van der Waals surface area contributed by atoms with Crippen LogP contribution in [0.15, 0.2) is 205 Å². The monoisotopic (exact) mass is 663 g/mol. The van der Waals surface area contributed by atoms with Crippen LogP contribution in [0.1, 0.15) is 0 Å². The number of hydrogen-bond donors (Lipinski definition) is 0. The summed E-state index contributed by atoms with van der Waals surface area (Å²) in [5, 5.41) is 7.00. The van der Waals surface area contributed by atoms with Gasteiger partial charge >= 0.3 is 0 Å². The summed E-state index contributed by atoms with van der Waals surface area (Å²) in [6.07, 6.45) is 0. The highest BCUT2D eigenvalue weighted by Crippen LogP contribution is 2.48. The molecule has 9 aromatic carbocycles. The van der Waals surface area contributed by atoms with Gasteiger partial charge in [0, 0.05) is 27.3 Å². The Labute approximate surface area is 302 Å². The molecule has 0 radical (unpaired) electrons. The molecule has 0 atom stereocenters. The Bertz CT molecular complexity index is 2900. The molecule has 1 heterocycles. The van der Waals surface area contributed by atoms with Crippen LogP contribution < -0.4 is 4.90 Å².